The summed E-state index contributed by atoms with van der Waals surface area (Å²) in [5.41, 5.74) is -0.466. The van der Waals surface area contributed by atoms with Crippen LogP contribution in [-0.2, 0) is 6.61 Å². The highest BCUT2D eigenvalue weighted by molar-refractivity contribution is 5.55. The molecule has 0 aliphatic rings. The van der Waals surface area contributed by atoms with Crippen LogP contribution in [-0.4, -0.2) is 15.0 Å². The first-order valence-corrected chi connectivity index (χ1v) is 5.82. The Hall–Kier alpha value is -3.00. The summed E-state index contributed by atoms with van der Waals surface area (Å²) in [6.07, 6.45) is 0. The van der Waals surface area contributed by atoms with Gasteiger partial charge in [0.2, 0.25) is 5.75 Å². The highest BCUT2D eigenvalue weighted by Gasteiger charge is 2.21. The van der Waals surface area contributed by atoms with E-state index in [0.29, 0.717) is 5.56 Å². The number of para-hydroxylation sites is 1. The Morgan fingerprint density at radius 2 is 1.71 bits per heavy atom. The van der Waals surface area contributed by atoms with Gasteiger partial charge < -0.3 is 9.84 Å². The van der Waals surface area contributed by atoms with Gasteiger partial charge in [-0.3, -0.25) is 20.2 Å². The third kappa shape index (κ3) is 3.12. The maximum atomic E-state index is 11.0. The zero-order valence-corrected chi connectivity index (χ0v) is 10.6. The van der Waals surface area contributed by atoms with Crippen molar-refractivity contribution in [1.82, 2.24) is 0 Å². The number of ether oxygens (including phenoxy) is 1. The third-order valence-electron chi connectivity index (χ3n) is 2.71. The first-order valence-electron chi connectivity index (χ1n) is 5.82. The molecule has 8 nitrogen and oxygen atoms in total. The molecule has 2 rings (SSSR count). The molecule has 2 aromatic carbocycles. The van der Waals surface area contributed by atoms with Crippen molar-refractivity contribution in [3.8, 4) is 11.5 Å². The lowest BCUT2D eigenvalue weighted by atomic mass is 10.2. The number of rotatable bonds is 5. The Kier molecular flexibility index (Phi) is 4.10. The quantitative estimate of drug-likeness (QED) is 0.668. The number of nitro groups is 2. The molecule has 108 valence electrons. The molecule has 2 aromatic rings. The van der Waals surface area contributed by atoms with Gasteiger partial charge in [0.15, 0.2) is 0 Å². The predicted molar refractivity (Wildman–Crippen MR) is 72.2 cm³/mol. The van der Waals surface area contributed by atoms with E-state index in [0.717, 1.165) is 18.2 Å². The molecule has 0 heterocycles. The molecule has 0 radical (unpaired) electrons. The molecule has 21 heavy (non-hydrogen) atoms. The van der Waals surface area contributed by atoms with Gasteiger partial charge in [0.25, 0.3) is 5.69 Å². The maximum Gasteiger partial charge on any atom is 0.318 e. The number of hydrogen-bond acceptors (Lipinski definition) is 6. The van der Waals surface area contributed by atoms with E-state index in [4.69, 9.17) is 4.74 Å². The largest absolute Gasteiger partial charge is 0.450 e. The summed E-state index contributed by atoms with van der Waals surface area (Å²) in [5, 5.41) is 30.8. The topological polar surface area (TPSA) is 116 Å². The number of non-ortho nitro benzene ring substituents is 1. The average Bonchev–Trinajstić information content (AvgIpc) is 2.47. The van der Waals surface area contributed by atoms with Gasteiger partial charge in [-0.05, 0) is 12.1 Å². The number of hydrogen-bond donors (Lipinski definition) is 1. The van der Waals surface area contributed by atoms with Crippen LogP contribution < -0.4 is 4.74 Å². The lowest BCUT2D eigenvalue weighted by molar-refractivity contribution is -0.394. The fourth-order valence-corrected chi connectivity index (χ4v) is 1.70. The third-order valence-corrected chi connectivity index (χ3v) is 2.71. The van der Waals surface area contributed by atoms with Crippen molar-refractivity contribution in [1.29, 1.82) is 0 Å². The summed E-state index contributed by atoms with van der Waals surface area (Å²) in [4.78, 5) is 20.2. The molecule has 0 bridgehead atoms. The number of aliphatic hydroxyl groups excluding tert-OH is 1. The number of nitro benzene ring substituents is 2. The molecule has 0 aliphatic heterocycles. The Labute approximate surface area is 118 Å². The molecule has 0 aromatic heterocycles. The molecule has 8 heteroatoms. The van der Waals surface area contributed by atoms with Gasteiger partial charge in [-0.2, -0.15) is 0 Å². The van der Waals surface area contributed by atoms with E-state index in [-0.39, 0.29) is 18.1 Å². The minimum Gasteiger partial charge on any atom is -0.450 e. The monoisotopic (exact) mass is 290 g/mol. The highest BCUT2D eigenvalue weighted by atomic mass is 16.6. The molecule has 0 aliphatic carbocycles. The van der Waals surface area contributed by atoms with Crippen LogP contribution >= 0.6 is 0 Å². The molecule has 0 unspecified atom stereocenters. The minimum absolute atomic E-state index is 0.133. The van der Waals surface area contributed by atoms with Crippen molar-refractivity contribution < 1.29 is 19.7 Å². The molecular weight excluding hydrogens is 280 g/mol. The maximum absolute atomic E-state index is 11.0. The van der Waals surface area contributed by atoms with Crippen LogP contribution in [0.25, 0.3) is 0 Å². The van der Waals surface area contributed by atoms with Gasteiger partial charge in [0.1, 0.15) is 5.75 Å². The Morgan fingerprint density at radius 3 is 2.33 bits per heavy atom. The van der Waals surface area contributed by atoms with Gasteiger partial charge in [-0.25, -0.2) is 0 Å². The predicted octanol–water partition coefficient (Wildman–Crippen LogP) is 2.79. The standard InChI is InChI=1S/C13H10N2O6/c16-8-9-3-1-2-4-12(9)21-13-6-5-10(14(17)18)7-11(13)15(19)20/h1-7,16H,8H2. The van der Waals surface area contributed by atoms with Gasteiger partial charge in [0.05, 0.1) is 22.5 Å². The molecule has 0 saturated heterocycles. The average molecular weight is 290 g/mol. The molecule has 0 amide bonds. The Bertz CT molecular complexity index is 701. The van der Waals surface area contributed by atoms with E-state index in [1.165, 1.54) is 6.07 Å². The van der Waals surface area contributed by atoms with Crippen molar-refractivity contribution in [2.24, 2.45) is 0 Å². The molecule has 0 atom stereocenters. The van der Waals surface area contributed by atoms with Crippen LogP contribution in [0, 0.1) is 20.2 Å². The lowest BCUT2D eigenvalue weighted by Gasteiger charge is -2.09. The van der Waals surface area contributed by atoms with E-state index in [1.54, 1.807) is 18.2 Å². The molecule has 0 spiro atoms. The highest BCUT2D eigenvalue weighted by Crippen LogP contribution is 2.35. The fraction of sp³-hybridized carbons (Fsp3) is 0.0769. The number of benzene rings is 2. The molecule has 0 fully saturated rings. The van der Waals surface area contributed by atoms with Gasteiger partial charge >= 0.3 is 5.69 Å². The summed E-state index contributed by atoms with van der Waals surface area (Å²) in [6.45, 7) is -0.295. The second-order valence-corrected chi connectivity index (χ2v) is 4.03. The van der Waals surface area contributed by atoms with Crippen LogP contribution in [0.15, 0.2) is 42.5 Å². The Morgan fingerprint density at radius 1 is 1.00 bits per heavy atom. The smallest absolute Gasteiger partial charge is 0.318 e. The zero-order valence-electron chi connectivity index (χ0n) is 10.6. The molecule has 1 N–H and O–H groups in total. The van der Waals surface area contributed by atoms with E-state index in [2.05, 4.69) is 0 Å². The minimum atomic E-state index is -0.760. The SMILES string of the molecule is O=[N+]([O-])c1ccc(Oc2ccccc2CO)c([N+](=O)[O-])c1. The van der Waals surface area contributed by atoms with Gasteiger partial charge in [-0.15, -0.1) is 0 Å². The van der Waals surface area contributed by atoms with Gasteiger partial charge in [0, 0.05) is 11.6 Å². The van der Waals surface area contributed by atoms with Crippen LogP contribution in [0.1, 0.15) is 5.56 Å². The summed E-state index contributed by atoms with van der Waals surface area (Å²) >= 11 is 0. The van der Waals surface area contributed by atoms with Crippen molar-refractivity contribution >= 4 is 11.4 Å². The van der Waals surface area contributed by atoms with E-state index in [9.17, 15) is 25.3 Å². The zero-order chi connectivity index (χ0) is 15.4. The summed E-state index contributed by atoms with van der Waals surface area (Å²) in [6, 6.07) is 9.57. The second kappa shape index (κ2) is 5.97. The van der Waals surface area contributed by atoms with Crippen LogP contribution in [0.4, 0.5) is 11.4 Å². The fourth-order valence-electron chi connectivity index (χ4n) is 1.70. The summed E-state index contributed by atoms with van der Waals surface area (Å²) in [7, 11) is 0. The van der Waals surface area contributed by atoms with Crippen molar-refractivity contribution in [3.05, 3.63) is 68.3 Å². The number of aliphatic hydroxyl groups is 1. The Balaban J connectivity index is 2.44. The first kappa shape index (κ1) is 14.4. The lowest BCUT2D eigenvalue weighted by Crippen LogP contribution is -1.97. The number of nitrogens with zero attached hydrogens (tertiary/aromatic N) is 2. The summed E-state index contributed by atoms with van der Waals surface area (Å²) in [5.74, 6) is 0.114. The van der Waals surface area contributed by atoms with Crippen molar-refractivity contribution in [2.45, 2.75) is 6.61 Å². The summed E-state index contributed by atoms with van der Waals surface area (Å²) < 4.78 is 5.40. The molecular formula is C13H10N2O6. The van der Waals surface area contributed by atoms with Crippen LogP contribution in [0.2, 0.25) is 0 Å². The molecule has 0 saturated carbocycles. The first-order chi connectivity index (χ1) is 10.0. The van der Waals surface area contributed by atoms with Crippen molar-refractivity contribution in [3.63, 3.8) is 0 Å². The van der Waals surface area contributed by atoms with Gasteiger partial charge in [-0.1, -0.05) is 18.2 Å². The van der Waals surface area contributed by atoms with Crippen LogP contribution in [0.5, 0.6) is 11.5 Å². The van der Waals surface area contributed by atoms with Crippen molar-refractivity contribution in [2.75, 3.05) is 0 Å². The van der Waals surface area contributed by atoms with E-state index >= 15 is 0 Å². The second-order valence-electron chi connectivity index (χ2n) is 4.03. The van der Waals surface area contributed by atoms with E-state index < -0.39 is 21.2 Å². The van der Waals surface area contributed by atoms with Crippen LogP contribution in [0.3, 0.4) is 0 Å². The van der Waals surface area contributed by atoms with E-state index in [1.807, 2.05) is 0 Å². The normalized spacial score (nSPS) is 10.1.